The van der Waals surface area contributed by atoms with E-state index < -0.39 is 0 Å². The van der Waals surface area contributed by atoms with Crippen molar-refractivity contribution in [3.05, 3.63) is 42.6 Å². The predicted molar refractivity (Wildman–Crippen MR) is 82.5 cm³/mol. The lowest BCUT2D eigenvalue weighted by atomic mass is 10.1. The number of nitrogen functional groups attached to an aromatic ring is 1. The van der Waals surface area contributed by atoms with Gasteiger partial charge in [-0.2, -0.15) is 0 Å². The molecule has 2 heterocycles. The molecule has 3 rings (SSSR count). The SMILES string of the molecule is COc1cc2cc(-c3ccccn3)nc(N)c2cc1OC. The van der Waals surface area contributed by atoms with Gasteiger partial charge in [-0.05, 0) is 35.7 Å². The molecule has 0 fully saturated rings. The van der Waals surface area contributed by atoms with Gasteiger partial charge in [-0.3, -0.25) is 4.98 Å². The molecule has 5 heteroatoms. The van der Waals surface area contributed by atoms with Crippen LogP contribution in [0.1, 0.15) is 0 Å². The zero-order valence-corrected chi connectivity index (χ0v) is 11.8. The van der Waals surface area contributed by atoms with Crippen LogP contribution in [0.2, 0.25) is 0 Å². The molecule has 0 radical (unpaired) electrons. The lowest BCUT2D eigenvalue weighted by molar-refractivity contribution is 0.356. The molecule has 0 unspecified atom stereocenters. The van der Waals surface area contributed by atoms with E-state index in [-0.39, 0.29) is 0 Å². The molecule has 0 saturated carbocycles. The summed E-state index contributed by atoms with van der Waals surface area (Å²) in [5, 5.41) is 1.76. The van der Waals surface area contributed by atoms with Crippen LogP contribution in [0.4, 0.5) is 5.82 Å². The maximum atomic E-state index is 6.07. The first-order chi connectivity index (χ1) is 10.2. The summed E-state index contributed by atoms with van der Waals surface area (Å²) in [5.74, 6) is 1.72. The van der Waals surface area contributed by atoms with Crippen LogP contribution in [0, 0.1) is 0 Å². The number of anilines is 1. The third-order valence-electron chi connectivity index (χ3n) is 3.29. The van der Waals surface area contributed by atoms with Crippen molar-refractivity contribution in [2.45, 2.75) is 0 Å². The largest absolute Gasteiger partial charge is 0.493 e. The Hall–Kier alpha value is -2.82. The summed E-state index contributed by atoms with van der Waals surface area (Å²) in [6.07, 6.45) is 1.73. The van der Waals surface area contributed by atoms with Crippen LogP contribution in [-0.2, 0) is 0 Å². The number of methoxy groups -OCH3 is 2. The summed E-state index contributed by atoms with van der Waals surface area (Å²) in [6.45, 7) is 0. The van der Waals surface area contributed by atoms with Crippen LogP contribution in [-0.4, -0.2) is 24.2 Å². The number of nitrogens with zero attached hydrogens (tertiary/aromatic N) is 2. The fourth-order valence-electron chi connectivity index (χ4n) is 2.25. The molecule has 1 aromatic carbocycles. The van der Waals surface area contributed by atoms with Crippen molar-refractivity contribution in [3.63, 3.8) is 0 Å². The molecule has 21 heavy (non-hydrogen) atoms. The molecule has 0 amide bonds. The summed E-state index contributed by atoms with van der Waals surface area (Å²) >= 11 is 0. The van der Waals surface area contributed by atoms with Crippen molar-refractivity contribution in [2.75, 3.05) is 20.0 Å². The van der Waals surface area contributed by atoms with Crippen molar-refractivity contribution in [1.82, 2.24) is 9.97 Å². The van der Waals surface area contributed by atoms with Gasteiger partial charge < -0.3 is 15.2 Å². The van der Waals surface area contributed by atoms with E-state index in [2.05, 4.69) is 9.97 Å². The molecule has 0 bridgehead atoms. The molecule has 0 spiro atoms. The van der Waals surface area contributed by atoms with Gasteiger partial charge in [0.2, 0.25) is 0 Å². The molecule has 2 N–H and O–H groups in total. The summed E-state index contributed by atoms with van der Waals surface area (Å²) in [7, 11) is 3.20. The van der Waals surface area contributed by atoms with E-state index in [1.807, 2.05) is 36.4 Å². The summed E-state index contributed by atoms with van der Waals surface area (Å²) in [6, 6.07) is 11.3. The van der Waals surface area contributed by atoms with Gasteiger partial charge in [0.15, 0.2) is 11.5 Å². The van der Waals surface area contributed by atoms with E-state index in [4.69, 9.17) is 15.2 Å². The highest BCUT2D eigenvalue weighted by molar-refractivity contribution is 5.95. The molecular weight excluding hydrogens is 266 g/mol. The summed E-state index contributed by atoms with van der Waals surface area (Å²) in [5.41, 5.74) is 7.58. The van der Waals surface area contributed by atoms with E-state index in [9.17, 15) is 0 Å². The van der Waals surface area contributed by atoms with Gasteiger partial charge in [0.25, 0.3) is 0 Å². The molecule has 0 aliphatic carbocycles. The van der Waals surface area contributed by atoms with Gasteiger partial charge in [0.1, 0.15) is 5.82 Å². The number of hydrogen-bond acceptors (Lipinski definition) is 5. The number of nitrogens with two attached hydrogens (primary N) is 1. The molecular formula is C16H15N3O2. The van der Waals surface area contributed by atoms with Gasteiger partial charge in [0.05, 0.1) is 25.6 Å². The first-order valence-electron chi connectivity index (χ1n) is 6.46. The standard InChI is InChI=1S/C16H15N3O2/c1-20-14-8-10-7-13(12-5-3-4-6-18-12)19-16(17)11(10)9-15(14)21-2/h3-9H,1-2H3,(H2,17,19). The lowest BCUT2D eigenvalue weighted by Crippen LogP contribution is -1.97. The number of rotatable bonds is 3. The van der Waals surface area contributed by atoms with Crippen molar-refractivity contribution in [3.8, 4) is 22.9 Å². The highest BCUT2D eigenvalue weighted by Gasteiger charge is 2.11. The van der Waals surface area contributed by atoms with Crippen LogP contribution < -0.4 is 15.2 Å². The van der Waals surface area contributed by atoms with Crippen LogP contribution in [0.25, 0.3) is 22.2 Å². The van der Waals surface area contributed by atoms with Crippen LogP contribution >= 0.6 is 0 Å². The second-order valence-electron chi connectivity index (χ2n) is 4.54. The van der Waals surface area contributed by atoms with Crippen molar-refractivity contribution < 1.29 is 9.47 Å². The normalized spacial score (nSPS) is 10.6. The fraction of sp³-hybridized carbons (Fsp3) is 0.125. The smallest absolute Gasteiger partial charge is 0.161 e. The van der Waals surface area contributed by atoms with Gasteiger partial charge >= 0.3 is 0 Å². The monoisotopic (exact) mass is 281 g/mol. The number of benzene rings is 1. The quantitative estimate of drug-likeness (QED) is 0.799. The number of ether oxygens (including phenoxy) is 2. The maximum Gasteiger partial charge on any atom is 0.161 e. The maximum absolute atomic E-state index is 6.07. The fourth-order valence-corrected chi connectivity index (χ4v) is 2.25. The highest BCUT2D eigenvalue weighted by Crippen LogP contribution is 2.35. The molecule has 0 aliphatic rings. The molecule has 0 atom stereocenters. The zero-order chi connectivity index (χ0) is 14.8. The zero-order valence-electron chi connectivity index (χ0n) is 11.8. The molecule has 5 nitrogen and oxygen atoms in total. The average molecular weight is 281 g/mol. The van der Waals surface area contributed by atoms with E-state index >= 15 is 0 Å². The van der Waals surface area contributed by atoms with E-state index in [1.54, 1.807) is 20.4 Å². The Labute approximate surface area is 122 Å². The second kappa shape index (κ2) is 5.28. The Morgan fingerprint density at radius 3 is 2.38 bits per heavy atom. The number of pyridine rings is 2. The third-order valence-corrected chi connectivity index (χ3v) is 3.29. The van der Waals surface area contributed by atoms with E-state index in [0.29, 0.717) is 17.3 Å². The Morgan fingerprint density at radius 2 is 1.71 bits per heavy atom. The molecule has 0 aliphatic heterocycles. The van der Waals surface area contributed by atoms with Crippen molar-refractivity contribution in [2.24, 2.45) is 0 Å². The molecule has 3 aromatic rings. The minimum atomic E-state index is 0.439. The molecule has 106 valence electrons. The lowest BCUT2D eigenvalue weighted by Gasteiger charge is -2.11. The minimum absolute atomic E-state index is 0.439. The summed E-state index contributed by atoms with van der Waals surface area (Å²) < 4.78 is 10.6. The molecule has 2 aromatic heterocycles. The van der Waals surface area contributed by atoms with Gasteiger partial charge in [0, 0.05) is 11.6 Å². The van der Waals surface area contributed by atoms with Gasteiger partial charge in [-0.1, -0.05) is 6.07 Å². The average Bonchev–Trinajstić information content (AvgIpc) is 2.54. The first-order valence-corrected chi connectivity index (χ1v) is 6.46. The van der Waals surface area contributed by atoms with Crippen LogP contribution in [0.3, 0.4) is 0 Å². The third kappa shape index (κ3) is 2.33. The Bertz CT molecular complexity index is 788. The van der Waals surface area contributed by atoms with Gasteiger partial charge in [-0.25, -0.2) is 4.98 Å². The topological polar surface area (TPSA) is 70.3 Å². The Kier molecular flexibility index (Phi) is 3.31. The number of fused-ring (bicyclic) bond motifs is 1. The number of aromatic nitrogens is 2. The second-order valence-corrected chi connectivity index (χ2v) is 4.54. The van der Waals surface area contributed by atoms with Crippen LogP contribution in [0.5, 0.6) is 11.5 Å². The minimum Gasteiger partial charge on any atom is -0.493 e. The molecule has 0 saturated heterocycles. The van der Waals surface area contributed by atoms with Crippen molar-refractivity contribution >= 4 is 16.6 Å². The highest BCUT2D eigenvalue weighted by atomic mass is 16.5. The van der Waals surface area contributed by atoms with Crippen molar-refractivity contribution in [1.29, 1.82) is 0 Å². The van der Waals surface area contributed by atoms with E-state index in [0.717, 1.165) is 22.2 Å². The first kappa shape index (κ1) is 13.2. The van der Waals surface area contributed by atoms with Crippen LogP contribution in [0.15, 0.2) is 42.6 Å². The van der Waals surface area contributed by atoms with Gasteiger partial charge in [-0.15, -0.1) is 0 Å². The number of hydrogen-bond donors (Lipinski definition) is 1. The predicted octanol–water partition coefficient (Wildman–Crippen LogP) is 2.90. The summed E-state index contributed by atoms with van der Waals surface area (Å²) in [4.78, 5) is 8.72. The Morgan fingerprint density at radius 1 is 0.952 bits per heavy atom. The Balaban J connectivity index is 2.24. The van der Waals surface area contributed by atoms with E-state index in [1.165, 1.54) is 0 Å².